The molecule has 0 fully saturated rings. The molecule has 2 aromatic heterocycles. The monoisotopic (exact) mass is 247 g/mol. The summed E-state index contributed by atoms with van der Waals surface area (Å²) >= 11 is 5.34. The van der Waals surface area contributed by atoms with Gasteiger partial charge in [-0.05, 0) is 0 Å². The largest absolute Gasteiger partial charge is 0.340 e. The highest BCUT2D eigenvalue weighted by atomic mass is 32.1. The van der Waals surface area contributed by atoms with Gasteiger partial charge >= 0.3 is 0 Å². The van der Waals surface area contributed by atoms with Gasteiger partial charge in [0.2, 0.25) is 0 Å². The van der Waals surface area contributed by atoms with Crippen molar-refractivity contribution in [2.75, 3.05) is 6.54 Å². The third-order valence-corrected chi connectivity index (χ3v) is 3.33. The number of imidazole rings is 1. The molecule has 0 radical (unpaired) electrons. The third-order valence-electron chi connectivity index (χ3n) is 2.99. The summed E-state index contributed by atoms with van der Waals surface area (Å²) in [7, 11) is 1.95. The van der Waals surface area contributed by atoms with E-state index < -0.39 is 0 Å². The van der Waals surface area contributed by atoms with Gasteiger partial charge in [-0.25, -0.2) is 9.97 Å². The predicted octanol–water partition coefficient (Wildman–Crippen LogP) is 1.19. The summed E-state index contributed by atoms with van der Waals surface area (Å²) in [6.45, 7) is 1.78. The van der Waals surface area contributed by atoms with E-state index in [-0.39, 0.29) is 0 Å². The second-order valence-electron chi connectivity index (χ2n) is 4.14. The lowest BCUT2D eigenvalue weighted by Gasteiger charge is -2.17. The van der Waals surface area contributed by atoms with Crippen LogP contribution in [0.4, 0.5) is 0 Å². The average molecular weight is 247 g/mol. The van der Waals surface area contributed by atoms with Crippen LogP contribution in [0.2, 0.25) is 0 Å². The molecule has 0 aliphatic carbocycles. The highest BCUT2D eigenvalue weighted by Gasteiger charge is 2.14. The van der Waals surface area contributed by atoms with Crippen molar-refractivity contribution in [3.8, 4) is 11.6 Å². The number of nitrogens with zero attached hydrogens (tertiary/aromatic N) is 3. The van der Waals surface area contributed by atoms with Gasteiger partial charge in [0.25, 0.3) is 0 Å². The van der Waals surface area contributed by atoms with E-state index in [0.717, 1.165) is 36.7 Å². The second kappa shape index (κ2) is 4.05. The van der Waals surface area contributed by atoms with Crippen LogP contribution in [0.25, 0.3) is 11.6 Å². The Morgan fingerprint density at radius 3 is 3.12 bits per heavy atom. The van der Waals surface area contributed by atoms with E-state index in [0.29, 0.717) is 4.64 Å². The minimum atomic E-state index is 0.670. The van der Waals surface area contributed by atoms with E-state index >= 15 is 0 Å². The van der Waals surface area contributed by atoms with Gasteiger partial charge in [-0.15, -0.1) is 0 Å². The van der Waals surface area contributed by atoms with Crippen molar-refractivity contribution in [2.24, 2.45) is 7.05 Å². The summed E-state index contributed by atoms with van der Waals surface area (Å²) in [6.07, 6.45) is 4.61. The lowest BCUT2D eigenvalue weighted by Crippen LogP contribution is -2.25. The van der Waals surface area contributed by atoms with Gasteiger partial charge in [0.1, 0.15) is 4.64 Å². The number of rotatable bonds is 1. The van der Waals surface area contributed by atoms with E-state index in [1.54, 1.807) is 6.20 Å². The maximum absolute atomic E-state index is 5.34. The van der Waals surface area contributed by atoms with Gasteiger partial charge < -0.3 is 14.9 Å². The fraction of sp³-hybridized carbons (Fsp3) is 0.364. The Kier molecular flexibility index (Phi) is 2.53. The van der Waals surface area contributed by atoms with Gasteiger partial charge in [0.15, 0.2) is 11.6 Å². The fourth-order valence-electron chi connectivity index (χ4n) is 2.07. The standard InChI is InChI=1S/C11H13N5S/c1-16-5-4-13-10(16)9-14-8-2-3-12-6-7(8)11(17)15-9/h4-5,12H,2-3,6H2,1H3,(H,14,15,17). The third kappa shape index (κ3) is 1.79. The van der Waals surface area contributed by atoms with Gasteiger partial charge in [-0.1, -0.05) is 12.2 Å². The number of hydrogen-bond donors (Lipinski definition) is 2. The number of hydrogen-bond acceptors (Lipinski definition) is 4. The van der Waals surface area contributed by atoms with Crippen LogP contribution < -0.4 is 5.32 Å². The maximum atomic E-state index is 5.34. The molecule has 0 spiro atoms. The Balaban J connectivity index is 2.17. The van der Waals surface area contributed by atoms with E-state index in [2.05, 4.69) is 20.3 Å². The zero-order valence-corrected chi connectivity index (χ0v) is 10.3. The van der Waals surface area contributed by atoms with Crippen LogP contribution in [0.5, 0.6) is 0 Å². The first-order chi connectivity index (χ1) is 8.25. The van der Waals surface area contributed by atoms with E-state index in [4.69, 9.17) is 12.2 Å². The summed E-state index contributed by atoms with van der Waals surface area (Å²) in [4.78, 5) is 12.1. The molecule has 3 heterocycles. The van der Waals surface area contributed by atoms with Gasteiger partial charge in [0, 0.05) is 50.2 Å². The summed E-state index contributed by atoms with van der Waals surface area (Å²) < 4.78 is 2.60. The molecule has 0 saturated carbocycles. The molecule has 17 heavy (non-hydrogen) atoms. The maximum Gasteiger partial charge on any atom is 0.175 e. The molecule has 5 nitrogen and oxygen atoms in total. The first-order valence-electron chi connectivity index (χ1n) is 5.56. The average Bonchev–Trinajstić information content (AvgIpc) is 2.75. The van der Waals surface area contributed by atoms with Crippen molar-refractivity contribution in [1.82, 2.24) is 24.8 Å². The molecule has 0 bridgehead atoms. The van der Waals surface area contributed by atoms with Crippen LogP contribution in [0.3, 0.4) is 0 Å². The minimum Gasteiger partial charge on any atom is -0.340 e. The van der Waals surface area contributed by atoms with E-state index in [9.17, 15) is 0 Å². The van der Waals surface area contributed by atoms with Gasteiger partial charge in [-0.2, -0.15) is 0 Å². The Hall–Kier alpha value is -1.53. The minimum absolute atomic E-state index is 0.670. The summed E-state index contributed by atoms with van der Waals surface area (Å²) in [5, 5.41) is 3.30. The lowest BCUT2D eigenvalue weighted by molar-refractivity contribution is 0.624. The zero-order chi connectivity index (χ0) is 11.8. The molecule has 0 aromatic carbocycles. The van der Waals surface area contributed by atoms with Crippen molar-refractivity contribution in [2.45, 2.75) is 13.0 Å². The number of aryl methyl sites for hydroxylation is 1. The summed E-state index contributed by atoms with van der Waals surface area (Å²) in [6, 6.07) is 0. The molecule has 3 rings (SSSR count). The number of fused-ring (bicyclic) bond motifs is 1. The Bertz CT molecular complexity index is 613. The number of nitrogens with one attached hydrogen (secondary N) is 2. The normalized spacial score (nSPS) is 14.6. The molecule has 2 aromatic rings. The topological polar surface area (TPSA) is 58.5 Å². The quantitative estimate of drug-likeness (QED) is 0.743. The molecular formula is C11H13N5S. The molecule has 0 saturated heterocycles. The Labute approximate surface area is 104 Å². The van der Waals surface area contributed by atoms with Gasteiger partial charge in [-0.3, -0.25) is 0 Å². The van der Waals surface area contributed by atoms with Crippen LogP contribution in [0, 0.1) is 4.64 Å². The van der Waals surface area contributed by atoms with Crippen LogP contribution in [0.1, 0.15) is 11.3 Å². The van der Waals surface area contributed by atoms with Crippen molar-refractivity contribution in [3.63, 3.8) is 0 Å². The van der Waals surface area contributed by atoms with Crippen LogP contribution in [-0.4, -0.2) is 26.1 Å². The Morgan fingerprint density at radius 2 is 2.35 bits per heavy atom. The molecule has 0 amide bonds. The molecule has 6 heteroatoms. The molecule has 1 aliphatic rings. The summed E-state index contributed by atoms with van der Waals surface area (Å²) in [5.41, 5.74) is 2.30. The van der Waals surface area contributed by atoms with Crippen molar-refractivity contribution < 1.29 is 0 Å². The molecule has 1 aliphatic heterocycles. The van der Waals surface area contributed by atoms with Crippen LogP contribution in [-0.2, 0) is 20.0 Å². The van der Waals surface area contributed by atoms with Crippen molar-refractivity contribution in [3.05, 3.63) is 28.3 Å². The van der Waals surface area contributed by atoms with Crippen LogP contribution >= 0.6 is 12.2 Å². The highest BCUT2D eigenvalue weighted by Crippen LogP contribution is 2.17. The fourth-order valence-corrected chi connectivity index (χ4v) is 2.35. The smallest absolute Gasteiger partial charge is 0.175 e. The molecule has 0 atom stereocenters. The summed E-state index contributed by atoms with van der Waals surface area (Å²) in [5.74, 6) is 1.57. The highest BCUT2D eigenvalue weighted by molar-refractivity contribution is 7.71. The first kappa shape index (κ1) is 10.6. The van der Waals surface area contributed by atoms with E-state index in [1.807, 2.05) is 17.8 Å². The SMILES string of the molecule is Cn1ccnc1-c1nc(=S)c2c([nH]1)CCNC2. The van der Waals surface area contributed by atoms with Crippen LogP contribution in [0.15, 0.2) is 12.4 Å². The van der Waals surface area contributed by atoms with Crippen molar-refractivity contribution in [1.29, 1.82) is 0 Å². The number of H-pyrrole nitrogens is 1. The molecule has 2 N–H and O–H groups in total. The predicted molar refractivity (Wildman–Crippen MR) is 67.0 cm³/mol. The number of aromatic amines is 1. The number of aromatic nitrogens is 4. The first-order valence-corrected chi connectivity index (χ1v) is 5.97. The zero-order valence-electron chi connectivity index (χ0n) is 9.53. The van der Waals surface area contributed by atoms with Gasteiger partial charge in [0.05, 0.1) is 0 Å². The van der Waals surface area contributed by atoms with E-state index in [1.165, 1.54) is 5.69 Å². The molecule has 88 valence electrons. The van der Waals surface area contributed by atoms with Crippen molar-refractivity contribution >= 4 is 12.2 Å². The molecule has 0 unspecified atom stereocenters. The molecular weight excluding hydrogens is 234 g/mol. The Morgan fingerprint density at radius 1 is 1.47 bits per heavy atom. The lowest BCUT2D eigenvalue weighted by atomic mass is 10.1. The second-order valence-corrected chi connectivity index (χ2v) is 4.52.